The van der Waals surface area contributed by atoms with Gasteiger partial charge in [0.1, 0.15) is 17.4 Å². The molecular formula is C16H17N5O3. The van der Waals surface area contributed by atoms with Crippen LogP contribution in [0.25, 0.3) is 5.65 Å². The van der Waals surface area contributed by atoms with E-state index < -0.39 is 0 Å². The lowest BCUT2D eigenvalue weighted by atomic mass is 10.2. The molecular weight excluding hydrogens is 310 g/mol. The molecule has 1 amide bonds. The molecule has 0 aromatic carbocycles. The van der Waals surface area contributed by atoms with Gasteiger partial charge in [0.15, 0.2) is 5.82 Å². The van der Waals surface area contributed by atoms with Gasteiger partial charge in [-0.3, -0.25) is 4.79 Å². The molecule has 8 nitrogen and oxygen atoms in total. The van der Waals surface area contributed by atoms with Gasteiger partial charge in [0, 0.05) is 19.0 Å². The van der Waals surface area contributed by atoms with E-state index in [9.17, 15) is 4.79 Å². The van der Waals surface area contributed by atoms with Crippen molar-refractivity contribution in [3.8, 4) is 0 Å². The first-order valence-corrected chi connectivity index (χ1v) is 7.87. The summed E-state index contributed by atoms with van der Waals surface area (Å²) in [6.45, 7) is 2.88. The minimum atomic E-state index is -0.278. The number of fused-ring (bicyclic) bond motifs is 1. The van der Waals surface area contributed by atoms with Crippen LogP contribution in [0, 0.1) is 6.92 Å². The van der Waals surface area contributed by atoms with Gasteiger partial charge in [0.05, 0.1) is 6.54 Å². The fourth-order valence-electron chi connectivity index (χ4n) is 2.70. The number of aryl methyl sites for hydroxylation is 1. The van der Waals surface area contributed by atoms with Crippen molar-refractivity contribution in [3.63, 3.8) is 0 Å². The van der Waals surface area contributed by atoms with Gasteiger partial charge in [-0.1, -0.05) is 11.2 Å². The first-order chi connectivity index (χ1) is 11.7. The van der Waals surface area contributed by atoms with Crippen LogP contribution in [0.4, 0.5) is 0 Å². The number of carbonyl (C=O) groups excluding carboxylic acids is 1. The summed E-state index contributed by atoms with van der Waals surface area (Å²) in [6, 6.07) is 3.83. The van der Waals surface area contributed by atoms with E-state index in [1.807, 2.05) is 29.7 Å². The van der Waals surface area contributed by atoms with Gasteiger partial charge >= 0.3 is 0 Å². The van der Waals surface area contributed by atoms with Crippen molar-refractivity contribution in [1.29, 1.82) is 0 Å². The van der Waals surface area contributed by atoms with Gasteiger partial charge in [-0.2, -0.15) is 4.98 Å². The highest BCUT2D eigenvalue weighted by Gasteiger charge is 2.24. The Morgan fingerprint density at radius 3 is 3.12 bits per heavy atom. The minimum Gasteiger partial charge on any atom is -0.368 e. The molecule has 0 saturated carbocycles. The summed E-state index contributed by atoms with van der Waals surface area (Å²) in [5, 5.41) is 6.63. The molecule has 24 heavy (non-hydrogen) atoms. The first-order valence-electron chi connectivity index (χ1n) is 7.87. The number of aromatic nitrogens is 4. The molecule has 3 aromatic rings. The van der Waals surface area contributed by atoms with Crippen LogP contribution in [0.3, 0.4) is 0 Å². The number of nitrogens with one attached hydrogen (secondary N) is 1. The number of nitrogens with zero attached hydrogens (tertiary/aromatic N) is 4. The Hall–Kier alpha value is -2.74. The third-order valence-electron chi connectivity index (χ3n) is 3.93. The van der Waals surface area contributed by atoms with Crippen LogP contribution in [-0.4, -0.2) is 32.0 Å². The molecule has 124 valence electrons. The normalized spacial score (nSPS) is 17.5. The maximum Gasteiger partial charge on any atom is 0.271 e. The Kier molecular flexibility index (Phi) is 3.73. The summed E-state index contributed by atoms with van der Waals surface area (Å²) >= 11 is 0. The highest BCUT2D eigenvalue weighted by atomic mass is 16.5. The number of ether oxygens (including phenoxy) is 1. The Morgan fingerprint density at radius 2 is 2.29 bits per heavy atom. The molecule has 1 N–H and O–H groups in total. The van der Waals surface area contributed by atoms with Crippen LogP contribution in [0.15, 0.2) is 29.0 Å². The Morgan fingerprint density at radius 1 is 1.38 bits per heavy atom. The van der Waals surface area contributed by atoms with Crippen LogP contribution < -0.4 is 5.32 Å². The monoisotopic (exact) mass is 327 g/mol. The van der Waals surface area contributed by atoms with E-state index in [0.29, 0.717) is 24.0 Å². The number of hydrogen-bond acceptors (Lipinski definition) is 6. The third kappa shape index (κ3) is 2.88. The standard InChI is InChI=1S/C16H17N5O3/c1-10-4-5-14-18-11(9-21(14)8-10)15(22)17-7-13-19-16(24-20-13)12-3-2-6-23-12/h4-5,8-9,12H,2-3,6-7H2,1H3,(H,17,22)/t12-/m1/s1. The second-order valence-corrected chi connectivity index (χ2v) is 5.83. The number of imidazole rings is 1. The van der Waals surface area contributed by atoms with E-state index in [4.69, 9.17) is 9.26 Å². The third-order valence-corrected chi connectivity index (χ3v) is 3.93. The Labute approximate surface area is 137 Å². The number of rotatable bonds is 4. The second kappa shape index (κ2) is 6.04. The van der Waals surface area contributed by atoms with Crippen molar-refractivity contribution in [3.05, 3.63) is 47.5 Å². The molecule has 8 heteroatoms. The van der Waals surface area contributed by atoms with Gasteiger partial charge in [0.2, 0.25) is 0 Å². The summed E-state index contributed by atoms with van der Waals surface area (Å²) in [6.07, 6.45) is 5.38. The van der Waals surface area contributed by atoms with E-state index in [-0.39, 0.29) is 18.6 Å². The van der Waals surface area contributed by atoms with E-state index in [0.717, 1.165) is 24.1 Å². The summed E-state index contributed by atoms with van der Waals surface area (Å²) in [5.41, 5.74) is 2.18. The number of hydrogen-bond donors (Lipinski definition) is 1. The number of carbonyl (C=O) groups is 1. The van der Waals surface area contributed by atoms with Gasteiger partial charge in [-0.15, -0.1) is 0 Å². The van der Waals surface area contributed by atoms with Crippen LogP contribution in [-0.2, 0) is 11.3 Å². The largest absolute Gasteiger partial charge is 0.368 e. The van der Waals surface area contributed by atoms with Gasteiger partial charge in [0.25, 0.3) is 11.8 Å². The van der Waals surface area contributed by atoms with Crippen molar-refractivity contribution in [2.75, 3.05) is 6.61 Å². The van der Waals surface area contributed by atoms with E-state index in [2.05, 4.69) is 20.4 Å². The molecule has 1 atom stereocenters. The van der Waals surface area contributed by atoms with Crippen molar-refractivity contribution in [2.45, 2.75) is 32.4 Å². The van der Waals surface area contributed by atoms with Crippen molar-refractivity contribution in [2.24, 2.45) is 0 Å². The zero-order valence-corrected chi connectivity index (χ0v) is 13.2. The molecule has 0 aliphatic carbocycles. The molecule has 0 spiro atoms. The summed E-state index contributed by atoms with van der Waals surface area (Å²) in [4.78, 5) is 20.8. The van der Waals surface area contributed by atoms with Crippen LogP contribution in [0.1, 0.15) is 46.7 Å². The maximum atomic E-state index is 12.2. The smallest absolute Gasteiger partial charge is 0.271 e. The van der Waals surface area contributed by atoms with Crippen LogP contribution in [0.5, 0.6) is 0 Å². The fourth-order valence-corrected chi connectivity index (χ4v) is 2.70. The molecule has 1 aliphatic heterocycles. The highest BCUT2D eigenvalue weighted by molar-refractivity contribution is 5.92. The van der Waals surface area contributed by atoms with E-state index in [1.165, 1.54) is 0 Å². The Bertz CT molecular complexity index is 879. The van der Waals surface area contributed by atoms with E-state index in [1.54, 1.807) is 6.20 Å². The van der Waals surface area contributed by atoms with E-state index >= 15 is 0 Å². The van der Waals surface area contributed by atoms with Gasteiger partial charge in [-0.25, -0.2) is 4.98 Å². The zero-order chi connectivity index (χ0) is 16.5. The summed E-state index contributed by atoms with van der Waals surface area (Å²) < 4.78 is 12.5. The molecule has 4 rings (SSSR count). The topological polar surface area (TPSA) is 94.6 Å². The SMILES string of the molecule is Cc1ccc2nc(C(=O)NCc3noc([C@H]4CCCO4)n3)cn2c1. The molecule has 1 fully saturated rings. The molecule has 1 saturated heterocycles. The predicted octanol–water partition coefficient (Wildman–Crippen LogP) is 1.81. The number of amides is 1. The minimum absolute atomic E-state index is 0.122. The summed E-state index contributed by atoms with van der Waals surface area (Å²) in [5.74, 6) is 0.619. The fraction of sp³-hybridized carbons (Fsp3) is 0.375. The zero-order valence-electron chi connectivity index (χ0n) is 13.2. The predicted molar refractivity (Wildman–Crippen MR) is 83.3 cm³/mol. The van der Waals surface area contributed by atoms with Crippen LogP contribution >= 0.6 is 0 Å². The molecule has 4 heterocycles. The van der Waals surface area contributed by atoms with Gasteiger partial charge < -0.3 is 19.0 Å². The average Bonchev–Trinajstić information content (AvgIpc) is 3.30. The lowest BCUT2D eigenvalue weighted by molar-refractivity contribution is 0.0835. The second-order valence-electron chi connectivity index (χ2n) is 5.83. The first kappa shape index (κ1) is 14.8. The quantitative estimate of drug-likeness (QED) is 0.785. The highest BCUT2D eigenvalue weighted by Crippen LogP contribution is 2.26. The molecule has 3 aromatic heterocycles. The summed E-state index contributed by atoms with van der Waals surface area (Å²) in [7, 11) is 0. The lowest BCUT2D eigenvalue weighted by Gasteiger charge is -2.00. The molecule has 0 unspecified atom stereocenters. The van der Waals surface area contributed by atoms with Crippen LogP contribution in [0.2, 0.25) is 0 Å². The lowest BCUT2D eigenvalue weighted by Crippen LogP contribution is -2.23. The van der Waals surface area contributed by atoms with Crippen molar-refractivity contribution < 1.29 is 14.1 Å². The molecule has 0 radical (unpaired) electrons. The average molecular weight is 327 g/mol. The van der Waals surface area contributed by atoms with Crippen molar-refractivity contribution in [1.82, 2.24) is 24.8 Å². The molecule has 1 aliphatic rings. The van der Waals surface area contributed by atoms with Crippen molar-refractivity contribution >= 4 is 11.6 Å². The maximum absolute atomic E-state index is 12.2. The number of pyridine rings is 1. The molecule has 0 bridgehead atoms. The van der Waals surface area contributed by atoms with Gasteiger partial charge in [-0.05, 0) is 31.4 Å². The Balaban J connectivity index is 1.42.